The molecule has 0 spiro atoms. The van der Waals surface area contributed by atoms with E-state index in [0.717, 1.165) is 42.9 Å². The van der Waals surface area contributed by atoms with E-state index in [1.54, 1.807) is 0 Å². The van der Waals surface area contributed by atoms with Crippen molar-refractivity contribution in [3.8, 4) is 5.69 Å². The van der Waals surface area contributed by atoms with Crippen LogP contribution in [-0.2, 0) is 6.18 Å². The third-order valence-corrected chi connectivity index (χ3v) is 7.20. The van der Waals surface area contributed by atoms with Crippen molar-refractivity contribution in [3.63, 3.8) is 0 Å². The van der Waals surface area contributed by atoms with Crippen molar-refractivity contribution in [1.82, 2.24) is 25.6 Å². The minimum absolute atomic E-state index is 0.118. The SMILES string of the molecule is CNC1CCCCC1NC1=NCC(C2(N)CC2)C(Nc2ccc(C(F)(F)F)c(-n3ccnn3)c2)=N1. The second-order valence-corrected chi connectivity index (χ2v) is 9.58. The molecule has 188 valence electrons. The van der Waals surface area contributed by atoms with Crippen LogP contribution in [0.3, 0.4) is 0 Å². The third kappa shape index (κ3) is 5.03. The topological polar surface area (TPSA) is 118 Å². The summed E-state index contributed by atoms with van der Waals surface area (Å²) >= 11 is 0. The first-order valence-electron chi connectivity index (χ1n) is 12.0. The Morgan fingerprint density at radius 1 is 1.14 bits per heavy atom. The average molecular weight is 490 g/mol. The molecule has 1 aromatic carbocycles. The summed E-state index contributed by atoms with van der Waals surface area (Å²) in [4.78, 5) is 9.45. The number of amidine groups is 1. The summed E-state index contributed by atoms with van der Waals surface area (Å²) in [6.07, 6.45) is 4.34. The number of aliphatic imine (C=N–C) groups is 2. The lowest BCUT2D eigenvalue weighted by atomic mass is 9.90. The number of likely N-dealkylation sites (N-methyl/N-ethyl adjacent to an activating group) is 1. The molecule has 5 rings (SSSR count). The summed E-state index contributed by atoms with van der Waals surface area (Å²) in [7, 11) is 1.96. The average Bonchev–Trinajstić information content (AvgIpc) is 3.34. The van der Waals surface area contributed by atoms with Crippen molar-refractivity contribution in [3.05, 3.63) is 36.2 Å². The van der Waals surface area contributed by atoms with Gasteiger partial charge in [0, 0.05) is 23.3 Å². The van der Waals surface area contributed by atoms with Gasteiger partial charge in [0.1, 0.15) is 5.84 Å². The molecule has 2 aromatic rings. The van der Waals surface area contributed by atoms with Gasteiger partial charge in [0.2, 0.25) is 5.96 Å². The molecular weight excluding hydrogens is 459 g/mol. The first-order valence-corrected chi connectivity index (χ1v) is 12.0. The van der Waals surface area contributed by atoms with E-state index >= 15 is 0 Å². The molecule has 1 aromatic heterocycles. The second kappa shape index (κ2) is 9.23. The number of nitrogens with two attached hydrogens (primary N) is 1. The van der Waals surface area contributed by atoms with Gasteiger partial charge in [-0.25, -0.2) is 4.68 Å². The van der Waals surface area contributed by atoms with Crippen LogP contribution in [0.5, 0.6) is 0 Å². The molecule has 5 N–H and O–H groups in total. The molecule has 2 fully saturated rings. The fourth-order valence-electron chi connectivity index (χ4n) is 4.97. The molecule has 3 atom stereocenters. The lowest BCUT2D eigenvalue weighted by Crippen LogP contribution is -2.52. The molecule has 2 aliphatic carbocycles. The van der Waals surface area contributed by atoms with Crippen molar-refractivity contribution < 1.29 is 13.2 Å². The van der Waals surface area contributed by atoms with E-state index < -0.39 is 17.3 Å². The van der Waals surface area contributed by atoms with E-state index in [9.17, 15) is 13.2 Å². The predicted molar refractivity (Wildman–Crippen MR) is 128 cm³/mol. The number of anilines is 1. The minimum atomic E-state index is -4.53. The molecule has 9 nitrogen and oxygen atoms in total. The number of halogens is 3. The smallest absolute Gasteiger partial charge is 0.350 e. The summed E-state index contributed by atoms with van der Waals surface area (Å²) in [6.45, 7) is 0.470. The van der Waals surface area contributed by atoms with Gasteiger partial charge in [-0.15, -0.1) is 5.10 Å². The number of nitrogens with zero attached hydrogens (tertiary/aromatic N) is 5. The van der Waals surface area contributed by atoms with Crippen LogP contribution in [0.4, 0.5) is 18.9 Å². The van der Waals surface area contributed by atoms with E-state index in [1.165, 1.54) is 30.9 Å². The minimum Gasteiger partial charge on any atom is -0.350 e. The van der Waals surface area contributed by atoms with Gasteiger partial charge in [0.15, 0.2) is 0 Å². The monoisotopic (exact) mass is 489 g/mol. The lowest BCUT2D eigenvalue weighted by molar-refractivity contribution is -0.137. The van der Waals surface area contributed by atoms with E-state index in [2.05, 4.69) is 31.3 Å². The molecule has 3 unspecified atom stereocenters. The molecule has 2 saturated carbocycles. The fraction of sp³-hybridized carbons (Fsp3) is 0.565. The zero-order chi connectivity index (χ0) is 24.6. The number of hydrogen-bond acceptors (Lipinski definition) is 8. The Balaban J connectivity index is 1.43. The summed E-state index contributed by atoms with van der Waals surface area (Å²) in [5, 5.41) is 17.5. The van der Waals surface area contributed by atoms with Gasteiger partial charge in [-0.1, -0.05) is 18.1 Å². The normalized spacial score (nSPS) is 26.0. The number of guanidine groups is 1. The van der Waals surface area contributed by atoms with E-state index in [4.69, 9.17) is 10.7 Å². The van der Waals surface area contributed by atoms with Gasteiger partial charge in [0.25, 0.3) is 0 Å². The third-order valence-electron chi connectivity index (χ3n) is 7.20. The maximum Gasteiger partial charge on any atom is 0.418 e. The van der Waals surface area contributed by atoms with Gasteiger partial charge in [0.05, 0.1) is 36.1 Å². The highest BCUT2D eigenvalue weighted by Crippen LogP contribution is 2.42. The lowest BCUT2D eigenvalue weighted by Gasteiger charge is -2.34. The van der Waals surface area contributed by atoms with Crippen LogP contribution in [0, 0.1) is 5.92 Å². The molecule has 0 amide bonds. The standard InChI is InChI=1S/C23H30F3N9/c1-28-17-4-2-3-5-18(17)32-21-29-13-16(22(27)8-9-22)20(33-21)31-14-6-7-15(23(24,25)26)19(12-14)35-11-10-30-34-35/h6-7,10-12,16-18,28H,2-5,8-9,13,27H2,1H3,(H2,29,31,32,33). The molecule has 0 radical (unpaired) electrons. The van der Waals surface area contributed by atoms with Gasteiger partial charge in [-0.2, -0.15) is 18.2 Å². The van der Waals surface area contributed by atoms with Crippen LogP contribution in [0.25, 0.3) is 5.69 Å². The first-order chi connectivity index (χ1) is 16.8. The molecule has 0 bridgehead atoms. The molecule has 3 aliphatic rings. The van der Waals surface area contributed by atoms with Crippen molar-refractivity contribution in [2.24, 2.45) is 21.6 Å². The zero-order valence-corrected chi connectivity index (χ0v) is 19.5. The summed E-state index contributed by atoms with van der Waals surface area (Å²) in [6, 6.07) is 4.40. The van der Waals surface area contributed by atoms with Crippen molar-refractivity contribution in [2.75, 3.05) is 18.9 Å². The van der Waals surface area contributed by atoms with Gasteiger partial charge in [-0.05, 0) is 50.9 Å². The number of nitrogens with one attached hydrogen (secondary N) is 3. The molecule has 35 heavy (non-hydrogen) atoms. The summed E-state index contributed by atoms with van der Waals surface area (Å²) in [5.41, 5.74) is 5.68. The Morgan fingerprint density at radius 3 is 2.57 bits per heavy atom. The van der Waals surface area contributed by atoms with Crippen LogP contribution in [0.2, 0.25) is 0 Å². The maximum atomic E-state index is 13.6. The molecule has 2 heterocycles. The molecular formula is C23H30F3N9. The number of hydrogen-bond donors (Lipinski definition) is 4. The highest BCUT2D eigenvalue weighted by atomic mass is 19.4. The quantitative estimate of drug-likeness (QED) is 0.513. The van der Waals surface area contributed by atoms with Crippen LogP contribution >= 0.6 is 0 Å². The second-order valence-electron chi connectivity index (χ2n) is 9.58. The Kier molecular flexibility index (Phi) is 6.26. The van der Waals surface area contributed by atoms with Crippen LogP contribution in [-0.4, -0.2) is 58.0 Å². The zero-order valence-electron chi connectivity index (χ0n) is 19.5. The fourth-order valence-corrected chi connectivity index (χ4v) is 4.97. The number of alkyl halides is 3. The van der Waals surface area contributed by atoms with Gasteiger partial charge in [-0.3, -0.25) is 4.99 Å². The van der Waals surface area contributed by atoms with Crippen molar-refractivity contribution >= 4 is 17.5 Å². The first kappa shape index (κ1) is 23.7. The van der Waals surface area contributed by atoms with Gasteiger partial charge >= 0.3 is 6.18 Å². The molecule has 12 heteroatoms. The Hall–Kier alpha value is -2.99. The maximum absolute atomic E-state index is 13.6. The molecule has 0 saturated heterocycles. The number of aromatic nitrogens is 3. The Bertz CT molecular complexity index is 1110. The van der Waals surface area contributed by atoms with Crippen LogP contribution in [0.1, 0.15) is 44.1 Å². The van der Waals surface area contributed by atoms with Crippen molar-refractivity contribution in [2.45, 2.75) is 62.3 Å². The summed E-state index contributed by atoms with van der Waals surface area (Å²) < 4.78 is 42.0. The van der Waals surface area contributed by atoms with Crippen molar-refractivity contribution in [1.29, 1.82) is 0 Å². The van der Waals surface area contributed by atoms with E-state index in [1.807, 2.05) is 7.05 Å². The summed E-state index contributed by atoms with van der Waals surface area (Å²) in [5.74, 6) is 1.00. The van der Waals surface area contributed by atoms with E-state index in [0.29, 0.717) is 30.1 Å². The number of rotatable bonds is 5. The van der Waals surface area contributed by atoms with Crippen LogP contribution < -0.4 is 21.7 Å². The highest BCUT2D eigenvalue weighted by molar-refractivity contribution is 6.07. The Labute approximate surface area is 201 Å². The van der Waals surface area contributed by atoms with E-state index in [-0.39, 0.29) is 17.6 Å². The van der Waals surface area contributed by atoms with Gasteiger partial charge < -0.3 is 21.7 Å². The number of benzene rings is 1. The Morgan fingerprint density at radius 2 is 1.91 bits per heavy atom. The molecule has 1 aliphatic heterocycles. The predicted octanol–water partition coefficient (Wildman–Crippen LogP) is 2.69. The highest BCUT2D eigenvalue weighted by Gasteiger charge is 2.49. The largest absolute Gasteiger partial charge is 0.418 e. The van der Waals surface area contributed by atoms with Crippen LogP contribution in [0.15, 0.2) is 40.6 Å².